The van der Waals surface area contributed by atoms with E-state index in [1.807, 2.05) is 0 Å². The third-order valence-electron chi connectivity index (χ3n) is 2.28. The summed E-state index contributed by atoms with van der Waals surface area (Å²) in [6.07, 6.45) is 2.65. The Morgan fingerprint density at radius 2 is 2.10 bits per heavy atom. The molecule has 2 rings (SSSR count). The molecule has 0 atom stereocenters. The lowest BCUT2D eigenvalue weighted by atomic mass is 10.3. The van der Waals surface area contributed by atoms with Crippen molar-refractivity contribution in [3.05, 3.63) is 29.0 Å². The van der Waals surface area contributed by atoms with Gasteiger partial charge in [0.15, 0.2) is 0 Å². The number of nitrogen functional groups attached to an aromatic ring is 1. The third kappa shape index (κ3) is 2.96. The Kier molecular flexibility index (Phi) is 4.04. The smallest absolute Gasteiger partial charge is 0.268 e. The number of aromatic nitrogens is 3. The number of hydrogen-bond donors (Lipinski definition) is 2. The summed E-state index contributed by atoms with van der Waals surface area (Å²) in [6.45, 7) is 0. The second-order valence-electron chi connectivity index (χ2n) is 3.60. The molecule has 106 valence electrons. The van der Waals surface area contributed by atoms with Gasteiger partial charge in [0, 0.05) is 10.2 Å². The van der Waals surface area contributed by atoms with Gasteiger partial charge in [-0.2, -0.15) is 5.10 Å². The molecule has 0 radical (unpaired) electrons. The van der Waals surface area contributed by atoms with Gasteiger partial charge in [-0.25, -0.2) is 18.1 Å². The van der Waals surface area contributed by atoms with Gasteiger partial charge in [0.05, 0.1) is 19.5 Å². The highest BCUT2D eigenvalue weighted by molar-refractivity contribution is 9.10. The minimum absolute atomic E-state index is 0.117. The monoisotopic (exact) mass is 359 g/mol. The third-order valence-corrected chi connectivity index (χ3v) is 4.32. The molecule has 0 spiro atoms. The summed E-state index contributed by atoms with van der Waals surface area (Å²) in [7, 11) is -2.58. The quantitative estimate of drug-likeness (QED) is 0.781. The minimum atomic E-state index is -3.94. The summed E-state index contributed by atoms with van der Waals surface area (Å²) in [5.74, 6) is -0.00138. The standard InChI is InChI=1S/C10H10BrN5O3S/c1-19-8-4-6(11)7(12)5-9(8)20(17,18)16-10-13-2-3-14-15-10/h2-5H,12H2,1H3,(H,13,15,16). The van der Waals surface area contributed by atoms with Gasteiger partial charge in [0.1, 0.15) is 10.6 Å². The van der Waals surface area contributed by atoms with E-state index < -0.39 is 10.0 Å². The van der Waals surface area contributed by atoms with Crippen molar-refractivity contribution in [3.63, 3.8) is 0 Å². The second kappa shape index (κ2) is 5.59. The molecule has 1 heterocycles. The van der Waals surface area contributed by atoms with Crippen LogP contribution in [0.3, 0.4) is 0 Å². The zero-order valence-electron chi connectivity index (χ0n) is 10.2. The fourth-order valence-electron chi connectivity index (χ4n) is 1.39. The fourth-order valence-corrected chi connectivity index (χ4v) is 2.85. The van der Waals surface area contributed by atoms with Gasteiger partial charge in [-0.05, 0) is 28.1 Å². The van der Waals surface area contributed by atoms with E-state index >= 15 is 0 Å². The van der Waals surface area contributed by atoms with Crippen molar-refractivity contribution < 1.29 is 13.2 Å². The highest BCUT2D eigenvalue weighted by Gasteiger charge is 2.22. The van der Waals surface area contributed by atoms with Crippen molar-refractivity contribution in [2.75, 3.05) is 17.6 Å². The highest BCUT2D eigenvalue weighted by atomic mass is 79.9. The van der Waals surface area contributed by atoms with Crippen LogP contribution in [0.1, 0.15) is 0 Å². The minimum Gasteiger partial charge on any atom is -0.495 e. The Labute approximate surface area is 123 Å². The number of methoxy groups -OCH3 is 1. The van der Waals surface area contributed by atoms with E-state index in [4.69, 9.17) is 10.5 Å². The number of benzene rings is 1. The first-order chi connectivity index (χ1) is 9.44. The fraction of sp³-hybridized carbons (Fsp3) is 0.100. The molecule has 0 aliphatic carbocycles. The Hall–Kier alpha value is -1.94. The number of anilines is 2. The predicted molar refractivity (Wildman–Crippen MR) is 75.7 cm³/mol. The first-order valence-corrected chi connectivity index (χ1v) is 7.51. The Bertz CT molecular complexity index is 723. The van der Waals surface area contributed by atoms with E-state index in [0.717, 1.165) is 0 Å². The van der Waals surface area contributed by atoms with Crippen LogP contribution in [0, 0.1) is 0 Å². The molecule has 1 aromatic heterocycles. The number of rotatable bonds is 4. The number of halogens is 1. The van der Waals surface area contributed by atoms with Crippen molar-refractivity contribution in [2.45, 2.75) is 4.90 Å². The largest absolute Gasteiger partial charge is 0.495 e. The lowest BCUT2D eigenvalue weighted by Gasteiger charge is -2.12. The van der Waals surface area contributed by atoms with Crippen LogP contribution in [-0.4, -0.2) is 30.7 Å². The molecule has 0 amide bonds. The van der Waals surface area contributed by atoms with Crippen molar-refractivity contribution in [1.82, 2.24) is 15.2 Å². The summed E-state index contributed by atoms with van der Waals surface area (Å²) >= 11 is 3.20. The number of nitrogens with one attached hydrogen (secondary N) is 1. The molecular weight excluding hydrogens is 350 g/mol. The zero-order valence-corrected chi connectivity index (χ0v) is 12.6. The molecule has 0 saturated heterocycles. The van der Waals surface area contributed by atoms with Crippen LogP contribution in [0.5, 0.6) is 5.75 Å². The molecule has 3 N–H and O–H groups in total. The summed E-state index contributed by atoms with van der Waals surface area (Å²) in [4.78, 5) is 3.62. The first kappa shape index (κ1) is 14.5. The van der Waals surface area contributed by atoms with E-state index in [1.165, 1.54) is 31.6 Å². The average Bonchev–Trinajstić information content (AvgIpc) is 2.42. The average molecular weight is 360 g/mol. The molecule has 20 heavy (non-hydrogen) atoms. The van der Waals surface area contributed by atoms with E-state index in [1.54, 1.807) is 0 Å². The molecule has 0 unspecified atom stereocenters. The van der Waals surface area contributed by atoms with Crippen LogP contribution in [0.2, 0.25) is 0 Å². The molecule has 2 aromatic rings. The molecule has 10 heteroatoms. The second-order valence-corrected chi connectivity index (χ2v) is 6.10. The molecule has 0 aliphatic heterocycles. The maximum absolute atomic E-state index is 12.3. The lowest BCUT2D eigenvalue weighted by molar-refractivity contribution is 0.402. The Morgan fingerprint density at radius 1 is 1.35 bits per heavy atom. The van der Waals surface area contributed by atoms with Crippen molar-refractivity contribution in [2.24, 2.45) is 0 Å². The van der Waals surface area contributed by atoms with Crippen LogP contribution in [0.15, 0.2) is 33.9 Å². The van der Waals surface area contributed by atoms with Gasteiger partial charge < -0.3 is 10.5 Å². The maximum Gasteiger partial charge on any atom is 0.268 e. The van der Waals surface area contributed by atoms with Crippen LogP contribution in [0.25, 0.3) is 0 Å². The topological polar surface area (TPSA) is 120 Å². The number of sulfonamides is 1. The number of ether oxygens (including phenoxy) is 1. The van der Waals surface area contributed by atoms with Gasteiger partial charge in [0.25, 0.3) is 16.0 Å². The maximum atomic E-state index is 12.3. The van der Waals surface area contributed by atoms with Gasteiger partial charge >= 0.3 is 0 Å². The van der Waals surface area contributed by atoms with Gasteiger partial charge in [0.2, 0.25) is 0 Å². The van der Waals surface area contributed by atoms with Crippen molar-refractivity contribution in [1.29, 1.82) is 0 Å². The van der Waals surface area contributed by atoms with Crippen LogP contribution >= 0.6 is 15.9 Å². The van der Waals surface area contributed by atoms with Crippen LogP contribution in [-0.2, 0) is 10.0 Å². The van der Waals surface area contributed by atoms with E-state index in [0.29, 0.717) is 4.47 Å². The van der Waals surface area contributed by atoms with Crippen LogP contribution in [0.4, 0.5) is 11.6 Å². The number of hydrogen-bond acceptors (Lipinski definition) is 7. The Balaban J connectivity index is 2.47. The zero-order chi connectivity index (χ0) is 14.8. The van der Waals surface area contributed by atoms with Gasteiger partial charge in [-0.3, -0.25) is 0 Å². The van der Waals surface area contributed by atoms with Crippen molar-refractivity contribution >= 4 is 37.6 Å². The Morgan fingerprint density at radius 3 is 2.70 bits per heavy atom. The molecule has 1 aromatic carbocycles. The molecule has 0 bridgehead atoms. The van der Waals surface area contributed by atoms with Gasteiger partial charge in [-0.1, -0.05) is 0 Å². The van der Waals surface area contributed by atoms with E-state index in [2.05, 4.69) is 35.8 Å². The number of nitrogens with two attached hydrogens (primary N) is 1. The van der Waals surface area contributed by atoms with Crippen molar-refractivity contribution in [3.8, 4) is 5.75 Å². The normalized spacial score (nSPS) is 11.1. The molecule has 0 saturated carbocycles. The molecule has 0 fully saturated rings. The number of nitrogens with zero attached hydrogens (tertiary/aromatic N) is 3. The van der Waals surface area contributed by atoms with Gasteiger partial charge in [-0.15, -0.1) is 5.10 Å². The summed E-state index contributed by atoms with van der Waals surface area (Å²) < 4.78 is 32.3. The lowest BCUT2D eigenvalue weighted by Crippen LogP contribution is -2.16. The van der Waals surface area contributed by atoms with E-state index in [9.17, 15) is 8.42 Å². The molecular formula is C10H10BrN5O3S. The highest BCUT2D eigenvalue weighted by Crippen LogP contribution is 2.32. The summed E-state index contributed by atoms with van der Waals surface area (Å²) in [6, 6.07) is 2.75. The molecule has 0 aliphatic rings. The summed E-state index contributed by atoms with van der Waals surface area (Å²) in [5.41, 5.74) is 5.96. The molecule has 8 nitrogen and oxygen atoms in total. The first-order valence-electron chi connectivity index (χ1n) is 5.23. The van der Waals surface area contributed by atoms with E-state index in [-0.39, 0.29) is 22.3 Å². The SMILES string of the molecule is COc1cc(Br)c(N)cc1S(=O)(=O)Nc1nccnn1. The summed E-state index contributed by atoms with van der Waals surface area (Å²) in [5, 5.41) is 7.09. The van der Waals surface area contributed by atoms with Crippen LogP contribution < -0.4 is 15.2 Å². The predicted octanol–water partition coefficient (Wildman–Crippen LogP) is 1.03.